The van der Waals surface area contributed by atoms with Gasteiger partial charge in [-0.2, -0.15) is 0 Å². The topological polar surface area (TPSA) is 172 Å². The number of carbonyl (C=O) groups is 5. The van der Waals surface area contributed by atoms with Crippen LogP contribution in [-0.4, -0.2) is 81.3 Å². The Hall–Kier alpha value is -3.25. The number of allylic oxidation sites excluding steroid dienone is 1. The summed E-state index contributed by atoms with van der Waals surface area (Å²) in [5.41, 5.74) is -5.90. The van der Waals surface area contributed by atoms with Gasteiger partial charge >= 0.3 is 29.8 Å². The second-order valence-electron chi connectivity index (χ2n) is 13.2. The first-order chi connectivity index (χ1) is 21.9. The molecule has 2 N–H and O–H groups in total. The van der Waals surface area contributed by atoms with Crippen LogP contribution in [0.4, 0.5) is 0 Å². The molecule has 1 saturated carbocycles. The molecule has 0 unspecified atom stereocenters. The summed E-state index contributed by atoms with van der Waals surface area (Å²) >= 11 is 0. The van der Waals surface area contributed by atoms with E-state index in [1.807, 2.05) is 0 Å². The van der Waals surface area contributed by atoms with Crippen molar-refractivity contribution in [3.05, 3.63) is 22.8 Å². The summed E-state index contributed by atoms with van der Waals surface area (Å²) in [5.74, 6) is -3.72. The third-order valence-electron chi connectivity index (χ3n) is 9.06. The minimum absolute atomic E-state index is 0.00991. The lowest BCUT2D eigenvalue weighted by Crippen LogP contribution is -2.64. The summed E-state index contributed by atoms with van der Waals surface area (Å²) in [4.78, 5) is 64.2. The molecule has 0 amide bonds. The van der Waals surface area contributed by atoms with Crippen molar-refractivity contribution in [3.63, 3.8) is 0 Å². The van der Waals surface area contributed by atoms with Gasteiger partial charge in [0.15, 0.2) is 23.4 Å². The molecule has 2 rings (SSSR count). The third-order valence-corrected chi connectivity index (χ3v) is 9.06. The van der Waals surface area contributed by atoms with Gasteiger partial charge < -0.3 is 33.9 Å². The normalized spacial score (nSPS) is 29.9. The molecule has 47 heavy (non-hydrogen) atoms. The second-order valence-corrected chi connectivity index (χ2v) is 13.2. The zero-order chi connectivity index (χ0) is 35.7. The zero-order valence-corrected chi connectivity index (χ0v) is 29.4. The second kappa shape index (κ2) is 16.7. The first-order valence-electron chi connectivity index (χ1n) is 16.7. The Balaban J connectivity index is 2.72. The van der Waals surface area contributed by atoms with Gasteiger partial charge in [-0.15, -0.1) is 0 Å². The molecule has 0 aromatic heterocycles. The maximum absolute atomic E-state index is 13.1. The third kappa shape index (κ3) is 9.43. The standard InChI is InChI=1S/C35H54O12/c1-10-13-14-15-16-18-28(38)43-23(6)29(45-31(39)21(4)12-3)22(5)25-19-33(8,47-24(7)36)20-26(44-27(37)17-11-2)35(42)30(25)46-32(40)34(35,9)41/h12,23,26,29-30,41-42H,10-11,13-20H2,1-9H3/b21-12-,25-22+/t23-,26-,29-,30-,33+,34+,35+/m0/s1. The summed E-state index contributed by atoms with van der Waals surface area (Å²) < 4.78 is 28.7. The Morgan fingerprint density at radius 1 is 0.957 bits per heavy atom. The summed E-state index contributed by atoms with van der Waals surface area (Å²) in [7, 11) is 0. The number of fused-ring (bicyclic) bond motifs is 1. The maximum Gasteiger partial charge on any atom is 0.341 e. The van der Waals surface area contributed by atoms with Crippen molar-refractivity contribution in [2.24, 2.45) is 0 Å². The van der Waals surface area contributed by atoms with E-state index in [-0.39, 0.29) is 42.4 Å². The van der Waals surface area contributed by atoms with Gasteiger partial charge in [-0.05, 0) is 65.5 Å². The average Bonchev–Trinajstić information content (AvgIpc) is 3.10. The largest absolute Gasteiger partial charge is 0.459 e. The van der Waals surface area contributed by atoms with E-state index in [0.29, 0.717) is 12.8 Å². The van der Waals surface area contributed by atoms with E-state index in [9.17, 15) is 34.2 Å². The van der Waals surface area contributed by atoms with Gasteiger partial charge in [-0.25, -0.2) is 9.59 Å². The number of ether oxygens (including phenoxy) is 5. The highest BCUT2D eigenvalue weighted by molar-refractivity contribution is 5.88. The smallest absolute Gasteiger partial charge is 0.341 e. The van der Waals surface area contributed by atoms with Crippen molar-refractivity contribution in [3.8, 4) is 0 Å². The highest BCUT2D eigenvalue weighted by atomic mass is 16.6. The van der Waals surface area contributed by atoms with Crippen molar-refractivity contribution < 1.29 is 57.9 Å². The molecule has 2 fully saturated rings. The van der Waals surface area contributed by atoms with Crippen molar-refractivity contribution in [1.29, 1.82) is 0 Å². The minimum Gasteiger partial charge on any atom is -0.459 e. The Morgan fingerprint density at radius 3 is 2.17 bits per heavy atom. The van der Waals surface area contributed by atoms with Crippen molar-refractivity contribution in [2.45, 2.75) is 168 Å². The Bertz CT molecular complexity index is 1230. The number of unbranched alkanes of at least 4 members (excludes halogenated alkanes) is 4. The van der Waals surface area contributed by atoms with Crippen molar-refractivity contribution in [2.75, 3.05) is 0 Å². The fourth-order valence-corrected chi connectivity index (χ4v) is 6.24. The molecular formula is C35H54O12. The van der Waals surface area contributed by atoms with Crippen LogP contribution >= 0.6 is 0 Å². The summed E-state index contributed by atoms with van der Waals surface area (Å²) in [6.07, 6.45) is 0.827. The van der Waals surface area contributed by atoms with Crippen LogP contribution < -0.4 is 0 Å². The van der Waals surface area contributed by atoms with Gasteiger partial charge in [-0.1, -0.05) is 45.6 Å². The Kier molecular flexibility index (Phi) is 14.2. The van der Waals surface area contributed by atoms with Crippen LogP contribution in [0.2, 0.25) is 0 Å². The van der Waals surface area contributed by atoms with E-state index in [4.69, 9.17) is 23.7 Å². The van der Waals surface area contributed by atoms with Gasteiger partial charge in [0.05, 0.1) is 0 Å². The number of hydrogen-bond acceptors (Lipinski definition) is 12. The number of rotatable bonds is 15. The number of aliphatic hydroxyl groups is 2. The number of esters is 5. The van der Waals surface area contributed by atoms with Crippen LogP contribution in [0.1, 0.15) is 127 Å². The van der Waals surface area contributed by atoms with E-state index < -0.39 is 71.1 Å². The highest BCUT2D eigenvalue weighted by Gasteiger charge is 2.72. The molecule has 0 radical (unpaired) electrons. The van der Waals surface area contributed by atoms with Gasteiger partial charge in [0.25, 0.3) is 0 Å². The number of carbonyl (C=O) groups excluding carboxylic acids is 5. The average molecular weight is 667 g/mol. The van der Waals surface area contributed by atoms with E-state index in [1.54, 1.807) is 47.6 Å². The van der Waals surface area contributed by atoms with E-state index in [1.165, 1.54) is 6.92 Å². The SMILES string of the molecule is C/C=C(/C)C(=O)O[C@@H](/C(C)=C1\C[C@@](C)(OC(C)=O)C[C@H](OC(=O)CCC)[C@@]2(O)[C@H]1OC(=O)[C@@]2(C)O)[C@H](C)OC(=O)CCCCCCC. The zero-order valence-electron chi connectivity index (χ0n) is 29.4. The highest BCUT2D eigenvalue weighted by Crippen LogP contribution is 2.51. The molecule has 0 aromatic rings. The van der Waals surface area contributed by atoms with Gasteiger partial charge in [0.2, 0.25) is 0 Å². The molecule has 12 nitrogen and oxygen atoms in total. The molecule has 12 heteroatoms. The number of hydrogen-bond donors (Lipinski definition) is 2. The quantitative estimate of drug-likeness (QED) is 0.0812. The van der Waals surface area contributed by atoms with Crippen LogP contribution in [0.25, 0.3) is 0 Å². The van der Waals surface area contributed by atoms with Crippen LogP contribution in [0, 0.1) is 0 Å². The van der Waals surface area contributed by atoms with E-state index in [2.05, 4.69) is 6.92 Å². The van der Waals surface area contributed by atoms with Crippen LogP contribution in [-0.2, 0) is 47.7 Å². The first-order valence-corrected chi connectivity index (χ1v) is 16.7. The molecule has 7 atom stereocenters. The van der Waals surface area contributed by atoms with Crippen LogP contribution in [0.3, 0.4) is 0 Å². The van der Waals surface area contributed by atoms with Crippen LogP contribution in [0.15, 0.2) is 22.8 Å². The maximum atomic E-state index is 13.1. The minimum atomic E-state index is -2.56. The monoisotopic (exact) mass is 666 g/mol. The molecule has 0 spiro atoms. The predicted octanol–water partition coefficient (Wildman–Crippen LogP) is 4.71. The Labute approximate surface area is 278 Å². The molecule has 1 heterocycles. The van der Waals surface area contributed by atoms with Crippen molar-refractivity contribution >= 4 is 29.8 Å². The first kappa shape index (κ1) is 39.9. The van der Waals surface area contributed by atoms with Crippen molar-refractivity contribution in [1.82, 2.24) is 0 Å². The van der Waals surface area contributed by atoms with Gasteiger partial charge in [0, 0.05) is 38.2 Å². The lowest BCUT2D eigenvalue weighted by Gasteiger charge is -2.40. The summed E-state index contributed by atoms with van der Waals surface area (Å²) in [6, 6.07) is 0. The van der Waals surface area contributed by atoms with E-state index >= 15 is 0 Å². The molecule has 1 saturated heterocycles. The molecule has 1 aliphatic heterocycles. The fraction of sp³-hybridized carbons (Fsp3) is 0.743. The lowest BCUT2D eigenvalue weighted by atomic mass is 9.75. The molecule has 2 aliphatic rings. The molecule has 0 aromatic carbocycles. The molecular weight excluding hydrogens is 612 g/mol. The van der Waals surface area contributed by atoms with Gasteiger partial charge in [0.1, 0.15) is 17.8 Å². The lowest BCUT2D eigenvalue weighted by molar-refractivity contribution is -0.209. The molecule has 266 valence electrons. The summed E-state index contributed by atoms with van der Waals surface area (Å²) in [6.45, 7) is 14.0. The fourth-order valence-electron chi connectivity index (χ4n) is 6.24. The van der Waals surface area contributed by atoms with E-state index in [0.717, 1.165) is 32.6 Å². The Morgan fingerprint density at radius 2 is 1.60 bits per heavy atom. The molecule has 1 aliphatic carbocycles. The predicted molar refractivity (Wildman–Crippen MR) is 171 cm³/mol. The van der Waals surface area contributed by atoms with Crippen LogP contribution in [0.5, 0.6) is 0 Å². The molecule has 0 bridgehead atoms. The van der Waals surface area contributed by atoms with Gasteiger partial charge in [-0.3, -0.25) is 14.4 Å². The summed E-state index contributed by atoms with van der Waals surface area (Å²) in [5, 5.41) is 23.8.